The Morgan fingerprint density at radius 3 is 2.65 bits per heavy atom. The molecule has 0 aromatic heterocycles. The van der Waals surface area contributed by atoms with Gasteiger partial charge in [0, 0.05) is 4.47 Å². The van der Waals surface area contributed by atoms with Crippen molar-refractivity contribution in [1.82, 2.24) is 10.2 Å². The van der Waals surface area contributed by atoms with E-state index >= 15 is 0 Å². The third kappa shape index (κ3) is 3.80. The summed E-state index contributed by atoms with van der Waals surface area (Å²) in [5.41, 5.74) is 0.879. The number of likely N-dealkylation sites (tertiary alicyclic amines) is 1. The Hall–Kier alpha value is -1.40. The second-order valence-electron chi connectivity index (χ2n) is 4.81. The van der Waals surface area contributed by atoms with Gasteiger partial charge in [-0.25, -0.2) is 0 Å². The predicted molar refractivity (Wildman–Crippen MR) is 78.3 cm³/mol. The van der Waals surface area contributed by atoms with Gasteiger partial charge in [-0.1, -0.05) is 28.1 Å². The third-order valence-electron chi connectivity index (χ3n) is 3.33. The lowest BCUT2D eigenvalue weighted by Gasteiger charge is -2.26. The van der Waals surface area contributed by atoms with Gasteiger partial charge in [-0.3, -0.25) is 14.5 Å². The Morgan fingerprint density at radius 1 is 1.35 bits per heavy atom. The van der Waals surface area contributed by atoms with Crippen molar-refractivity contribution in [2.45, 2.75) is 18.9 Å². The van der Waals surface area contributed by atoms with E-state index in [0.29, 0.717) is 0 Å². The molecule has 0 aliphatic carbocycles. The Bertz CT molecular complexity index is 501. The van der Waals surface area contributed by atoms with Crippen LogP contribution in [0.3, 0.4) is 0 Å². The number of carbonyl (C=O) groups is 2. The standard InChI is InChI=1S/C14H17BrN2O3/c15-11-5-3-4-10(8-11)13(17-6-1-2-7-17)14(20)16-9-12(18)19/h3-5,8,13H,1-2,6-7,9H2,(H,16,20)(H,18,19)/t13-/m0/s1. The minimum absolute atomic E-state index is 0.257. The number of halogens is 1. The molecule has 2 N–H and O–H groups in total. The summed E-state index contributed by atoms with van der Waals surface area (Å²) in [5, 5.41) is 11.2. The molecule has 0 spiro atoms. The number of nitrogens with one attached hydrogen (secondary N) is 1. The molecule has 2 rings (SSSR count). The molecule has 1 aromatic carbocycles. The molecule has 1 amide bonds. The van der Waals surface area contributed by atoms with Gasteiger partial charge in [0.25, 0.3) is 0 Å². The molecule has 5 nitrogen and oxygen atoms in total. The van der Waals surface area contributed by atoms with E-state index in [1.165, 1.54) is 0 Å². The Morgan fingerprint density at radius 2 is 2.05 bits per heavy atom. The lowest BCUT2D eigenvalue weighted by Crippen LogP contribution is -2.41. The Labute approximate surface area is 126 Å². The van der Waals surface area contributed by atoms with Gasteiger partial charge in [-0.2, -0.15) is 0 Å². The number of aliphatic carboxylic acids is 1. The molecule has 0 radical (unpaired) electrons. The number of hydrogen-bond donors (Lipinski definition) is 2. The molecule has 1 atom stereocenters. The normalized spacial score (nSPS) is 16.9. The zero-order valence-electron chi connectivity index (χ0n) is 11.0. The topological polar surface area (TPSA) is 69.6 Å². The van der Waals surface area contributed by atoms with Gasteiger partial charge >= 0.3 is 5.97 Å². The van der Waals surface area contributed by atoms with Gasteiger partial charge in [-0.05, 0) is 43.6 Å². The molecule has 1 aromatic rings. The number of amides is 1. The highest BCUT2D eigenvalue weighted by Crippen LogP contribution is 2.27. The first-order chi connectivity index (χ1) is 9.58. The molecule has 1 aliphatic heterocycles. The second kappa shape index (κ2) is 6.85. The molecule has 1 saturated heterocycles. The monoisotopic (exact) mass is 340 g/mol. The number of carboxylic acids is 1. The fraction of sp³-hybridized carbons (Fsp3) is 0.429. The van der Waals surface area contributed by atoms with E-state index in [-0.39, 0.29) is 12.5 Å². The van der Waals surface area contributed by atoms with Crippen LogP contribution in [0.1, 0.15) is 24.4 Å². The zero-order valence-corrected chi connectivity index (χ0v) is 12.6. The van der Waals surface area contributed by atoms with Gasteiger partial charge in [0.15, 0.2) is 0 Å². The van der Waals surface area contributed by atoms with Crippen LogP contribution < -0.4 is 5.32 Å². The van der Waals surface area contributed by atoms with Crippen LogP contribution in [0.5, 0.6) is 0 Å². The van der Waals surface area contributed by atoms with Crippen LogP contribution in [0.2, 0.25) is 0 Å². The van der Waals surface area contributed by atoms with E-state index in [1.54, 1.807) is 0 Å². The molecular formula is C14H17BrN2O3. The summed E-state index contributed by atoms with van der Waals surface area (Å²) < 4.78 is 0.908. The molecule has 1 aliphatic rings. The van der Waals surface area contributed by atoms with Crippen LogP contribution in [0.15, 0.2) is 28.7 Å². The zero-order chi connectivity index (χ0) is 14.5. The molecule has 1 fully saturated rings. The van der Waals surface area contributed by atoms with Gasteiger partial charge in [0.2, 0.25) is 5.91 Å². The van der Waals surface area contributed by atoms with Crippen LogP contribution in [-0.4, -0.2) is 41.5 Å². The van der Waals surface area contributed by atoms with Crippen LogP contribution in [-0.2, 0) is 9.59 Å². The minimum Gasteiger partial charge on any atom is -0.480 e. The molecule has 20 heavy (non-hydrogen) atoms. The molecule has 0 unspecified atom stereocenters. The number of carbonyl (C=O) groups excluding carboxylic acids is 1. The van der Waals surface area contributed by atoms with Gasteiger partial charge in [0.1, 0.15) is 12.6 Å². The third-order valence-corrected chi connectivity index (χ3v) is 3.83. The SMILES string of the molecule is O=C(O)CNC(=O)[C@H](c1cccc(Br)c1)N1CCCC1. The maximum absolute atomic E-state index is 12.3. The van der Waals surface area contributed by atoms with E-state index in [4.69, 9.17) is 5.11 Å². The summed E-state index contributed by atoms with van der Waals surface area (Å²) in [6.07, 6.45) is 2.13. The van der Waals surface area contributed by atoms with Crippen molar-refractivity contribution in [2.24, 2.45) is 0 Å². The van der Waals surface area contributed by atoms with Crippen molar-refractivity contribution >= 4 is 27.8 Å². The number of nitrogens with zero attached hydrogens (tertiary/aromatic N) is 1. The molecule has 0 bridgehead atoms. The summed E-state index contributed by atoms with van der Waals surface area (Å²) in [6, 6.07) is 7.17. The van der Waals surface area contributed by atoms with Crippen LogP contribution >= 0.6 is 15.9 Å². The first-order valence-corrected chi connectivity index (χ1v) is 7.36. The fourth-order valence-electron chi connectivity index (χ4n) is 2.46. The summed E-state index contributed by atoms with van der Waals surface area (Å²) in [7, 11) is 0. The smallest absolute Gasteiger partial charge is 0.322 e. The number of benzene rings is 1. The van der Waals surface area contributed by atoms with Crippen molar-refractivity contribution in [1.29, 1.82) is 0 Å². The number of rotatable bonds is 5. The van der Waals surface area contributed by atoms with Crippen molar-refractivity contribution in [2.75, 3.05) is 19.6 Å². The van der Waals surface area contributed by atoms with Crippen molar-refractivity contribution < 1.29 is 14.7 Å². The van der Waals surface area contributed by atoms with Gasteiger partial charge in [-0.15, -0.1) is 0 Å². The van der Waals surface area contributed by atoms with E-state index in [2.05, 4.69) is 26.1 Å². The first kappa shape index (κ1) is 15.0. The quantitative estimate of drug-likeness (QED) is 0.857. The summed E-state index contributed by atoms with van der Waals surface area (Å²) in [5.74, 6) is -1.29. The van der Waals surface area contributed by atoms with Gasteiger partial charge < -0.3 is 10.4 Å². The van der Waals surface area contributed by atoms with Crippen LogP contribution in [0.25, 0.3) is 0 Å². The Balaban J connectivity index is 2.20. The molecular weight excluding hydrogens is 324 g/mol. The highest BCUT2D eigenvalue weighted by atomic mass is 79.9. The highest BCUT2D eigenvalue weighted by molar-refractivity contribution is 9.10. The Kier molecular flexibility index (Phi) is 5.14. The maximum Gasteiger partial charge on any atom is 0.322 e. The van der Waals surface area contributed by atoms with E-state index < -0.39 is 12.0 Å². The average Bonchev–Trinajstić information content (AvgIpc) is 2.90. The van der Waals surface area contributed by atoms with Crippen molar-refractivity contribution in [3.63, 3.8) is 0 Å². The van der Waals surface area contributed by atoms with Crippen LogP contribution in [0, 0.1) is 0 Å². The van der Waals surface area contributed by atoms with Crippen molar-refractivity contribution in [3.05, 3.63) is 34.3 Å². The summed E-state index contributed by atoms with van der Waals surface area (Å²) in [6.45, 7) is 1.37. The van der Waals surface area contributed by atoms with E-state index in [9.17, 15) is 9.59 Å². The predicted octanol–water partition coefficient (Wildman–Crippen LogP) is 1.79. The maximum atomic E-state index is 12.3. The summed E-state index contributed by atoms with van der Waals surface area (Å²) >= 11 is 3.41. The van der Waals surface area contributed by atoms with Crippen LogP contribution in [0.4, 0.5) is 0 Å². The molecule has 0 saturated carbocycles. The molecule has 1 heterocycles. The summed E-state index contributed by atoms with van der Waals surface area (Å²) in [4.78, 5) is 25.0. The number of hydrogen-bond acceptors (Lipinski definition) is 3. The van der Waals surface area contributed by atoms with Gasteiger partial charge in [0.05, 0.1) is 0 Å². The first-order valence-electron chi connectivity index (χ1n) is 6.57. The highest BCUT2D eigenvalue weighted by Gasteiger charge is 2.29. The van der Waals surface area contributed by atoms with E-state index in [0.717, 1.165) is 36.0 Å². The molecule has 108 valence electrons. The second-order valence-corrected chi connectivity index (χ2v) is 5.73. The lowest BCUT2D eigenvalue weighted by atomic mass is 10.0. The van der Waals surface area contributed by atoms with E-state index in [1.807, 2.05) is 24.3 Å². The largest absolute Gasteiger partial charge is 0.480 e. The fourth-order valence-corrected chi connectivity index (χ4v) is 2.88. The lowest BCUT2D eigenvalue weighted by molar-refractivity contribution is -0.138. The minimum atomic E-state index is -1.03. The number of carboxylic acid groups (broad SMARTS) is 1. The van der Waals surface area contributed by atoms with Crippen molar-refractivity contribution in [3.8, 4) is 0 Å². The molecule has 6 heteroatoms. The average molecular weight is 341 g/mol.